The van der Waals surface area contributed by atoms with Crippen molar-refractivity contribution >= 4 is 119 Å². The van der Waals surface area contributed by atoms with Crippen LogP contribution >= 0.6 is 0 Å². The lowest BCUT2D eigenvalue weighted by Crippen LogP contribution is -2.62. The molecule has 5 saturated carbocycles. The van der Waals surface area contributed by atoms with Gasteiger partial charge in [-0.05, 0) is 163 Å². The molecule has 3 unspecified atom stereocenters. The van der Waals surface area contributed by atoms with Crippen molar-refractivity contribution in [3.63, 3.8) is 0 Å². The van der Waals surface area contributed by atoms with E-state index in [-0.39, 0.29) is 127 Å². The number of nitrogens with zero attached hydrogens (tertiary/aromatic N) is 8. The van der Waals surface area contributed by atoms with Crippen LogP contribution in [0, 0.1) is 90.7 Å². The molecule has 12 N–H and O–H groups in total. The van der Waals surface area contributed by atoms with Crippen molar-refractivity contribution in [3.05, 3.63) is 25.3 Å². The fourth-order valence-corrected chi connectivity index (χ4v) is 28.3. The van der Waals surface area contributed by atoms with Gasteiger partial charge in [-0.2, -0.15) is 38.4 Å². The van der Waals surface area contributed by atoms with E-state index in [1.54, 1.807) is 4.90 Å². The second-order valence-corrected chi connectivity index (χ2v) is 57.1. The van der Waals surface area contributed by atoms with Crippen molar-refractivity contribution in [3.8, 4) is 0 Å². The summed E-state index contributed by atoms with van der Waals surface area (Å²) in [6.45, 7) is 61.8. The molecule has 0 aromatic heterocycles. The first-order valence-corrected chi connectivity index (χ1v) is 58.8. The summed E-state index contributed by atoms with van der Waals surface area (Å²) in [4.78, 5) is 208. The molecule has 6 saturated heterocycles. The SMILES string of the molecule is C=CCNC(=O)C(=O)C(CCC)NC(=O)[C@@H]1[C@@H]2[C@H](CN1C(=O)[C@@H](NC(=O)N[C@H](CN1CCN(C(C)C)S1(=O)=O)C(C)(C)C)C(C)(C)C)C2(C)C.C=CCNC(=O)C(=O)C(CCCC)NC(=O)[C@@H]1[C@@H]2[C@H](CN1C(=O)[C@@H](NC(=O)N[C@H](CN1CCCCS1(=O)=O)C1CCCCC1)C(C)(C)C)C2(C)C.CNC(=O)C(=O)C(CC1CC1)NC(=O)[C@@H]1[C@@H]2[C@H](CN1C(=O)[C@@H](NC(=O)N[C@H](CN1CCN(C(C)C)S1(=O)=O)C(C)(C)C)C(C)(C)C)C2(C)C. The molecule has 6 aliphatic heterocycles. The molecule has 15 amide bonds. The van der Waals surface area contributed by atoms with Crippen LogP contribution in [-0.4, -0.2) is 333 Å². The lowest BCUT2D eigenvalue weighted by Gasteiger charge is -2.39. The first-order chi connectivity index (χ1) is 69.3. The average Bonchev–Trinajstić information content (AvgIpc) is 1.53. The Balaban J connectivity index is 0.000000250. The Bertz CT molecular complexity index is 5300. The van der Waals surface area contributed by atoms with Crippen molar-refractivity contribution in [1.82, 2.24) is 100 Å². The number of carbonyl (C=O) groups excluding carboxylic acids is 15. The monoisotopic (exact) mass is 2170 g/mol. The molecule has 150 heavy (non-hydrogen) atoms. The zero-order valence-electron chi connectivity index (χ0n) is 94.7. The van der Waals surface area contributed by atoms with Crippen LogP contribution in [-0.2, 0) is 88.0 Å². The van der Waals surface area contributed by atoms with Crippen LogP contribution in [0.15, 0.2) is 25.3 Å². The van der Waals surface area contributed by atoms with E-state index in [9.17, 15) is 97.2 Å². The standard InChI is InChI=1S/C37H62N6O7S.C35H61N7O7S.C34H59N7O7S/c1-8-10-18-26(30(44)33(46)38-19-9-2)39-32(45)29-28-25(37(28,6)7)22-43(29)34(47)31(36(3,4)5)41-35(48)40-27(24-16-12-11-13-17-24)23-42-20-14-15-21-51(42,49)50;1-13-15-23(27(43)30(45)36-16-14-2)37-29(44)26-25-22(35(25,11)12)19-41(26)31(46)28(34(8,9)10)39-32(47)38-24(33(5,6)7)20-40-17-18-42(21(3)4)50(40,48)49;1-19(2)41-15-14-39(49(41,47)48)18-23(32(3,4)5)37-31(46)38-27(33(6,7)8)30(45)40-17-21-24(34(21,9)10)25(40)28(43)36-22(16-20-12-13-20)26(42)29(44)35-11/h9,24-29,31H,2,8,10-23H2,1,3-7H3,(H,38,46)(H,39,45)(H2,40,41,48);14,21-26,28H,2,13,15-20H2,1,3-12H3,(H,36,45)(H,37,44)(H2,38,39,47);19-25,27H,12-18H2,1-11H3,(H,35,44)(H,36,43)(H2,37,38,46)/t25-,26?,27+,28-,29-,31+;22-,23?,24+,25-,26-,28+;21-,22?,23+,24-,25-,27+/m000/s1. The van der Waals surface area contributed by atoms with E-state index in [0.29, 0.717) is 78.0 Å². The van der Waals surface area contributed by atoms with E-state index in [1.807, 2.05) is 159 Å². The second kappa shape index (κ2) is 49.1. The normalized spacial score (nSPS) is 25.9. The third kappa shape index (κ3) is 29.7. The van der Waals surface area contributed by atoms with Gasteiger partial charge in [-0.1, -0.05) is 223 Å². The van der Waals surface area contributed by atoms with Crippen LogP contribution < -0.4 is 63.8 Å². The van der Waals surface area contributed by atoms with Crippen molar-refractivity contribution < 1.29 is 97.2 Å². The zero-order chi connectivity index (χ0) is 113. The third-order valence-corrected chi connectivity index (χ3v) is 39.4. The number of amides is 15. The minimum absolute atomic E-state index is 0.0472. The highest BCUT2D eigenvalue weighted by atomic mass is 32.2. The summed E-state index contributed by atoms with van der Waals surface area (Å²) in [5, 5.41) is 33.4. The molecule has 850 valence electrons. The Morgan fingerprint density at radius 3 is 1.06 bits per heavy atom. The van der Waals surface area contributed by atoms with Gasteiger partial charge in [0.15, 0.2) is 0 Å². The summed E-state index contributed by atoms with van der Waals surface area (Å²) >= 11 is 0. The van der Waals surface area contributed by atoms with Crippen molar-refractivity contribution in [1.29, 1.82) is 0 Å². The van der Waals surface area contributed by atoms with Crippen molar-refractivity contribution in [2.24, 2.45) is 90.7 Å². The highest BCUT2D eigenvalue weighted by Gasteiger charge is 2.73. The number of likely N-dealkylation sites (N-methyl/N-ethyl adjacent to an activating group) is 1. The number of nitrogens with one attached hydrogen (secondary N) is 12. The predicted octanol–water partition coefficient (Wildman–Crippen LogP) is 6.60. The van der Waals surface area contributed by atoms with E-state index in [1.165, 1.54) is 50.5 Å². The Kier molecular flexibility index (Phi) is 40.8. The number of urea groups is 3. The van der Waals surface area contributed by atoms with E-state index in [0.717, 1.165) is 57.8 Å². The lowest BCUT2D eigenvalue weighted by atomic mass is 9.83. The molecular formula is C106H182N20O21S3. The number of sulfonamides is 1. The molecule has 11 fully saturated rings. The maximum Gasteiger partial charge on any atom is 0.315 e. The number of fused-ring (bicyclic) bond motifs is 3. The molecule has 18 atom stereocenters. The Morgan fingerprint density at radius 1 is 0.393 bits per heavy atom. The van der Waals surface area contributed by atoms with Crippen LogP contribution in [0.4, 0.5) is 14.4 Å². The second-order valence-electron chi connectivity index (χ2n) is 51.2. The van der Waals surface area contributed by atoms with Crippen LogP contribution in [0.2, 0.25) is 0 Å². The largest absolute Gasteiger partial charge is 0.353 e. The number of ketones is 3. The highest BCUT2D eigenvalue weighted by molar-refractivity contribution is 7.89. The molecule has 41 nitrogen and oxygen atoms in total. The lowest BCUT2D eigenvalue weighted by molar-refractivity contribution is -0.145. The number of rotatable bonds is 41. The van der Waals surface area contributed by atoms with Crippen LogP contribution in [0.3, 0.4) is 0 Å². The van der Waals surface area contributed by atoms with E-state index in [4.69, 9.17) is 0 Å². The van der Waals surface area contributed by atoms with Gasteiger partial charge < -0.3 is 78.5 Å². The molecule has 6 heterocycles. The molecule has 11 aliphatic rings. The average molecular weight is 2170 g/mol. The quantitative estimate of drug-likeness (QED) is 0.0226. The first kappa shape index (κ1) is 125. The van der Waals surface area contributed by atoms with Gasteiger partial charge >= 0.3 is 18.1 Å². The molecule has 0 aromatic carbocycles. The molecule has 44 heteroatoms. The smallest absolute Gasteiger partial charge is 0.315 e. The zero-order valence-corrected chi connectivity index (χ0v) is 97.1. The molecule has 0 aromatic rings. The minimum Gasteiger partial charge on any atom is -0.353 e. The minimum atomic E-state index is -3.69. The highest BCUT2D eigenvalue weighted by Crippen LogP contribution is 2.67. The summed E-state index contributed by atoms with van der Waals surface area (Å²) in [6.07, 6.45) is 13.9. The van der Waals surface area contributed by atoms with Gasteiger partial charge in [-0.3, -0.25) is 57.5 Å². The number of piperidine rings is 3. The predicted molar refractivity (Wildman–Crippen MR) is 573 cm³/mol. The Morgan fingerprint density at radius 2 is 0.747 bits per heavy atom. The number of carbonyl (C=O) groups is 15. The van der Waals surface area contributed by atoms with Crippen LogP contribution in [0.1, 0.15) is 283 Å². The Labute approximate surface area is 892 Å². The molecule has 0 bridgehead atoms. The molecule has 0 spiro atoms. The third-order valence-electron chi connectivity index (χ3n) is 33.1. The van der Waals surface area contributed by atoms with E-state index in [2.05, 4.69) is 105 Å². The summed E-state index contributed by atoms with van der Waals surface area (Å²) < 4.78 is 85.8. The van der Waals surface area contributed by atoms with Gasteiger partial charge in [0.25, 0.3) is 38.1 Å². The fourth-order valence-electron chi connectivity index (χ4n) is 23.1. The molecule has 5 aliphatic carbocycles. The number of likely N-dealkylation sites (tertiary alicyclic amines) is 3. The number of hydrogen-bond acceptors (Lipinski definition) is 21. The van der Waals surface area contributed by atoms with Crippen LogP contribution in [0.25, 0.3) is 0 Å². The van der Waals surface area contributed by atoms with Gasteiger partial charge in [0.2, 0.25) is 62.8 Å². The Hall–Kier alpha value is -8.82. The van der Waals surface area contributed by atoms with Crippen molar-refractivity contribution in [2.75, 3.05) is 97.9 Å². The number of hydrogen-bond donors (Lipinski definition) is 12. The van der Waals surface area contributed by atoms with E-state index < -0.39 is 219 Å². The molecule has 11 rings (SSSR count). The van der Waals surface area contributed by atoms with Gasteiger partial charge in [-0.25, -0.2) is 22.8 Å². The summed E-state index contributed by atoms with van der Waals surface area (Å²) in [5.41, 5.74) is -3.92. The number of Topliss-reactive ketones (excluding diaryl/α,β-unsaturated/α-hetero) is 3. The molecular weight excluding hydrogens is 1990 g/mol. The van der Waals surface area contributed by atoms with E-state index >= 15 is 0 Å². The summed E-state index contributed by atoms with van der Waals surface area (Å²) in [6, 6.07) is -12.5. The van der Waals surface area contributed by atoms with Crippen LogP contribution in [0.5, 0.6) is 0 Å². The van der Waals surface area contributed by atoms with Gasteiger partial charge in [0.1, 0.15) is 36.3 Å². The van der Waals surface area contributed by atoms with Gasteiger partial charge in [0.05, 0.1) is 23.9 Å². The topological polar surface area (TPSA) is 529 Å². The number of unbranched alkanes of at least 4 members (excludes halogenated alkanes) is 1. The maximum atomic E-state index is 14.5. The van der Waals surface area contributed by atoms with Gasteiger partial charge in [-0.15, -0.1) is 13.2 Å². The first-order valence-electron chi connectivity index (χ1n) is 54.4. The summed E-state index contributed by atoms with van der Waals surface area (Å²) in [5.74, 6) is -7.07. The fraction of sp³-hybridized carbons (Fsp3) is 0.821. The van der Waals surface area contributed by atoms with Gasteiger partial charge in [0, 0.05) is 122 Å². The molecule has 0 radical (unpaired) electrons. The van der Waals surface area contributed by atoms with Crippen molar-refractivity contribution in [2.45, 2.75) is 368 Å². The summed E-state index contributed by atoms with van der Waals surface area (Å²) in [7, 11) is -9.41. The maximum absolute atomic E-state index is 14.5.